The second-order valence-electron chi connectivity index (χ2n) is 4.78. The van der Waals surface area contributed by atoms with Gasteiger partial charge in [0.2, 0.25) is 0 Å². The standard InChI is InChI=1S/C13H13FN4O3/c1-8-11(16-7-15-8)6-17-2-3-21-13-10(14)4-9(18(19)20)5-12(13)17/h4-5,7H,2-3,6H2,1H3,(H,15,16). The molecule has 1 aliphatic rings. The van der Waals surface area contributed by atoms with Crippen molar-refractivity contribution in [1.29, 1.82) is 0 Å². The van der Waals surface area contributed by atoms with Crippen molar-refractivity contribution < 1.29 is 14.1 Å². The highest BCUT2D eigenvalue weighted by atomic mass is 19.1. The molecule has 0 amide bonds. The van der Waals surface area contributed by atoms with Crippen LogP contribution in [0.3, 0.4) is 0 Å². The predicted molar refractivity (Wildman–Crippen MR) is 72.9 cm³/mol. The van der Waals surface area contributed by atoms with Gasteiger partial charge in [-0.05, 0) is 6.92 Å². The number of halogens is 1. The molecule has 0 radical (unpaired) electrons. The molecule has 0 bridgehead atoms. The lowest BCUT2D eigenvalue weighted by atomic mass is 10.2. The van der Waals surface area contributed by atoms with Gasteiger partial charge in [-0.15, -0.1) is 0 Å². The Hall–Kier alpha value is -2.64. The van der Waals surface area contributed by atoms with Crippen molar-refractivity contribution in [2.45, 2.75) is 13.5 Å². The van der Waals surface area contributed by atoms with E-state index in [0.717, 1.165) is 17.5 Å². The number of nitro benzene ring substituents is 1. The highest BCUT2D eigenvalue weighted by molar-refractivity contribution is 5.65. The highest BCUT2D eigenvalue weighted by Crippen LogP contribution is 2.38. The smallest absolute Gasteiger partial charge is 0.274 e. The molecule has 0 saturated carbocycles. The first-order chi connectivity index (χ1) is 10.1. The molecular weight excluding hydrogens is 279 g/mol. The van der Waals surface area contributed by atoms with Crippen molar-refractivity contribution in [1.82, 2.24) is 9.97 Å². The molecule has 110 valence electrons. The Kier molecular flexibility index (Phi) is 3.20. The molecule has 0 saturated heterocycles. The molecular formula is C13H13FN4O3. The van der Waals surface area contributed by atoms with Gasteiger partial charge in [0.1, 0.15) is 6.61 Å². The van der Waals surface area contributed by atoms with Gasteiger partial charge in [0, 0.05) is 11.8 Å². The summed E-state index contributed by atoms with van der Waals surface area (Å²) in [7, 11) is 0. The van der Waals surface area contributed by atoms with Crippen LogP contribution in [0.25, 0.3) is 0 Å². The van der Waals surface area contributed by atoms with Gasteiger partial charge in [-0.3, -0.25) is 10.1 Å². The summed E-state index contributed by atoms with van der Waals surface area (Å²) in [6.07, 6.45) is 1.58. The quantitative estimate of drug-likeness (QED) is 0.692. The number of aromatic amines is 1. The number of rotatable bonds is 3. The summed E-state index contributed by atoms with van der Waals surface area (Å²) in [4.78, 5) is 19.3. The van der Waals surface area contributed by atoms with E-state index >= 15 is 0 Å². The molecule has 0 spiro atoms. The van der Waals surface area contributed by atoms with Gasteiger partial charge in [-0.1, -0.05) is 0 Å². The number of benzene rings is 1. The Morgan fingerprint density at radius 1 is 1.57 bits per heavy atom. The van der Waals surface area contributed by atoms with Crippen LogP contribution in [0.1, 0.15) is 11.4 Å². The Labute approximate surface area is 119 Å². The molecule has 21 heavy (non-hydrogen) atoms. The van der Waals surface area contributed by atoms with Gasteiger partial charge < -0.3 is 14.6 Å². The van der Waals surface area contributed by atoms with Crippen LogP contribution in [0.15, 0.2) is 18.5 Å². The monoisotopic (exact) mass is 292 g/mol. The van der Waals surface area contributed by atoms with E-state index in [0.29, 0.717) is 25.4 Å². The summed E-state index contributed by atoms with van der Waals surface area (Å²) in [5.41, 5.74) is 1.82. The maximum absolute atomic E-state index is 13.9. The first-order valence-electron chi connectivity index (χ1n) is 6.41. The van der Waals surface area contributed by atoms with Crippen molar-refractivity contribution >= 4 is 11.4 Å². The number of nitrogens with zero attached hydrogens (tertiary/aromatic N) is 3. The van der Waals surface area contributed by atoms with Gasteiger partial charge in [0.25, 0.3) is 5.69 Å². The molecule has 3 rings (SSSR count). The number of non-ortho nitro benzene ring substituents is 1. The van der Waals surface area contributed by atoms with Crippen LogP contribution in [-0.2, 0) is 6.54 Å². The van der Waals surface area contributed by atoms with Crippen molar-refractivity contribution in [2.24, 2.45) is 0 Å². The van der Waals surface area contributed by atoms with Crippen molar-refractivity contribution in [3.05, 3.63) is 45.8 Å². The molecule has 0 unspecified atom stereocenters. The summed E-state index contributed by atoms with van der Waals surface area (Å²) in [6, 6.07) is 2.21. The topological polar surface area (TPSA) is 84.3 Å². The number of aryl methyl sites for hydroxylation is 1. The zero-order chi connectivity index (χ0) is 15.0. The Balaban J connectivity index is 2.00. The summed E-state index contributed by atoms with van der Waals surface area (Å²) < 4.78 is 19.2. The predicted octanol–water partition coefficient (Wildman–Crippen LogP) is 2.16. The molecule has 1 N–H and O–H groups in total. The number of ether oxygens (including phenoxy) is 1. The van der Waals surface area contributed by atoms with Crippen molar-refractivity contribution in [3.8, 4) is 5.75 Å². The zero-order valence-corrected chi connectivity index (χ0v) is 11.3. The van der Waals surface area contributed by atoms with E-state index in [1.807, 2.05) is 11.8 Å². The molecule has 0 fully saturated rings. The van der Waals surface area contributed by atoms with Gasteiger partial charge in [0.05, 0.1) is 41.8 Å². The van der Waals surface area contributed by atoms with E-state index in [1.165, 1.54) is 6.07 Å². The Morgan fingerprint density at radius 2 is 2.38 bits per heavy atom. The molecule has 0 aliphatic carbocycles. The summed E-state index contributed by atoms with van der Waals surface area (Å²) in [5, 5.41) is 10.9. The SMILES string of the molecule is Cc1[nH]cnc1CN1CCOc2c(F)cc([N+](=O)[O-])cc21. The van der Waals surface area contributed by atoms with E-state index in [4.69, 9.17) is 4.74 Å². The minimum Gasteiger partial charge on any atom is -0.486 e. The summed E-state index contributed by atoms with van der Waals surface area (Å²) in [6.45, 7) is 3.16. The van der Waals surface area contributed by atoms with Gasteiger partial charge in [-0.25, -0.2) is 9.37 Å². The van der Waals surface area contributed by atoms with Gasteiger partial charge in [0.15, 0.2) is 11.6 Å². The lowest BCUT2D eigenvalue weighted by Crippen LogP contribution is -2.33. The number of nitro groups is 1. The molecule has 0 atom stereocenters. The maximum atomic E-state index is 13.9. The van der Waals surface area contributed by atoms with Crippen LogP contribution in [0.5, 0.6) is 5.75 Å². The number of aromatic nitrogens is 2. The second-order valence-corrected chi connectivity index (χ2v) is 4.78. The number of hydrogen-bond donors (Lipinski definition) is 1. The van der Waals surface area contributed by atoms with Crippen molar-refractivity contribution in [3.63, 3.8) is 0 Å². The Morgan fingerprint density at radius 3 is 3.05 bits per heavy atom. The molecule has 1 aromatic heterocycles. The average molecular weight is 292 g/mol. The van der Waals surface area contributed by atoms with E-state index in [1.54, 1.807) is 6.33 Å². The highest BCUT2D eigenvalue weighted by Gasteiger charge is 2.26. The number of imidazole rings is 1. The number of anilines is 1. The maximum Gasteiger partial charge on any atom is 0.274 e. The largest absolute Gasteiger partial charge is 0.486 e. The van der Waals surface area contributed by atoms with E-state index in [-0.39, 0.29) is 11.4 Å². The minimum absolute atomic E-state index is 0.0556. The third-order valence-electron chi connectivity index (χ3n) is 3.44. The van der Waals surface area contributed by atoms with Crippen LogP contribution < -0.4 is 9.64 Å². The average Bonchev–Trinajstić information content (AvgIpc) is 2.85. The molecule has 1 aliphatic heterocycles. The van der Waals surface area contributed by atoms with E-state index in [9.17, 15) is 14.5 Å². The number of nitrogens with one attached hydrogen (secondary N) is 1. The van der Waals surface area contributed by atoms with Crippen molar-refractivity contribution in [2.75, 3.05) is 18.1 Å². The number of H-pyrrole nitrogens is 1. The molecule has 7 nitrogen and oxygen atoms in total. The van der Waals surface area contributed by atoms with Crippen LogP contribution in [0.4, 0.5) is 15.8 Å². The van der Waals surface area contributed by atoms with Crippen LogP contribution in [-0.4, -0.2) is 28.0 Å². The van der Waals surface area contributed by atoms with Crippen LogP contribution in [0, 0.1) is 22.9 Å². The minimum atomic E-state index is -0.720. The normalized spacial score (nSPS) is 13.7. The Bertz CT molecular complexity index is 701. The van der Waals surface area contributed by atoms with E-state index < -0.39 is 10.7 Å². The van der Waals surface area contributed by atoms with Crippen LogP contribution >= 0.6 is 0 Å². The lowest BCUT2D eigenvalue weighted by Gasteiger charge is -2.30. The molecule has 1 aromatic carbocycles. The van der Waals surface area contributed by atoms with E-state index in [2.05, 4.69) is 9.97 Å². The van der Waals surface area contributed by atoms with Gasteiger partial charge in [-0.2, -0.15) is 0 Å². The first-order valence-corrected chi connectivity index (χ1v) is 6.41. The third-order valence-corrected chi connectivity index (χ3v) is 3.44. The van der Waals surface area contributed by atoms with Gasteiger partial charge >= 0.3 is 0 Å². The number of fused-ring (bicyclic) bond motifs is 1. The number of hydrogen-bond acceptors (Lipinski definition) is 5. The zero-order valence-electron chi connectivity index (χ0n) is 11.3. The lowest BCUT2D eigenvalue weighted by molar-refractivity contribution is -0.385. The molecule has 2 aromatic rings. The summed E-state index contributed by atoms with van der Waals surface area (Å²) >= 11 is 0. The fraction of sp³-hybridized carbons (Fsp3) is 0.308. The summed E-state index contributed by atoms with van der Waals surface area (Å²) in [5.74, 6) is -0.664. The van der Waals surface area contributed by atoms with Crippen LogP contribution in [0.2, 0.25) is 0 Å². The molecule has 2 heterocycles. The fourth-order valence-corrected chi connectivity index (χ4v) is 2.32. The second kappa shape index (κ2) is 5.04. The first kappa shape index (κ1) is 13.3. The molecule has 8 heteroatoms. The third kappa shape index (κ3) is 2.39. The fourth-order valence-electron chi connectivity index (χ4n) is 2.32.